The van der Waals surface area contributed by atoms with E-state index in [2.05, 4.69) is 9.80 Å². The Bertz CT molecular complexity index is 540. The Balaban J connectivity index is 1.40. The van der Waals surface area contributed by atoms with Crippen LogP contribution in [-0.2, 0) is 14.3 Å². The topological polar surface area (TPSA) is 56.3 Å². The smallest absolute Gasteiger partial charge is 0.219 e. The lowest BCUT2D eigenvalue weighted by Gasteiger charge is -2.65. The minimum absolute atomic E-state index is 0.107. The number of carbonyl (C=O) groups excluding carboxylic acids is 2. The van der Waals surface area contributed by atoms with Crippen LogP contribution in [0.3, 0.4) is 0 Å². The Kier molecular flexibility index (Phi) is 4.50. The van der Waals surface area contributed by atoms with Crippen molar-refractivity contribution >= 4 is 11.8 Å². The van der Waals surface area contributed by atoms with Crippen molar-refractivity contribution in [3.05, 3.63) is 0 Å². The number of hydrogen-bond donors (Lipinski definition) is 0. The third-order valence-corrected chi connectivity index (χ3v) is 6.62. The van der Waals surface area contributed by atoms with Gasteiger partial charge in [0.25, 0.3) is 0 Å². The van der Waals surface area contributed by atoms with E-state index in [0.29, 0.717) is 12.1 Å². The molecule has 0 aliphatic carbocycles. The lowest BCUT2D eigenvalue weighted by molar-refractivity contribution is -0.181. The maximum absolute atomic E-state index is 12.0. The van der Waals surface area contributed by atoms with Gasteiger partial charge in [0.15, 0.2) is 0 Å². The summed E-state index contributed by atoms with van der Waals surface area (Å²) in [6.45, 7) is 11.3. The van der Waals surface area contributed by atoms with Crippen molar-refractivity contribution in [1.29, 1.82) is 0 Å². The summed E-state index contributed by atoms with van der Waals surface area (Å²) in [6, 6.07) is 0.918. The minimum Gasteiger partial charge on any atom is -0.378 e. The van der Waals surface area contributed by atoms with E-state index in [0.717, 1.165) is 71.9 Å². The molecule has 4 fully saturated rings. The molecule has 4 saturated heterocycles. The van der Waals surface area contributed by atoms with E-state index in [9.17, 15) is 9.59 Å². The van der Waals surface area contributed by atoms with Crippen LogP contribution in [0.2, 0.25) is 0 Å². The molecule has 1 spiro atoms. The van der Waals surface area contributed by atoms with Crippen LogP contribution in [0.15, 0.2) is 0 Å². The van der Waals surface area contributed by atoms with Gasteiger partial charge in [-0.05, 0) is 12.8 Å². The van der Waals surface area contributed by atoms with Crippen molar-refractivity contribution in [1.82, 2.24) is 19.6 Å². The summed E-state index contributed by atoms with van der Waals surface area (Å²) in [5.74, 6) is 0.372. The summed E-state index contributed by atoms with van der Waals surface area (Å²) in [5, 5.41) is 0. The van der Waals surface area contributed by atoms with E-state index < -0.39 is 0 Å². The highest BCUT2D eigenvalue weighted by molar-refractivity contribution is 5.74. The SMILES string of the molecule is CC(=O)N1CCC(N2CC3(CN(C(C)=O)CC4COCCN43)C2)CC1. The maximum Gasteiger partial charge on any atom is 0.219 e. The first-order valence-corrected chi connectivity index (χ1v) is 9.58. The quantitative estimate of drug-likeness (QED) is 0.645. The van der Waals surface area contributed by atoms with Crippen molar-refractivity contribution in [2.24, 2.45) is 0 Å². The number of fused-ring (bicyclic) bond motifs is 2. The number of nitrogens with zero attached hydrogens (tertiary/aromatic N) is 4. The standard InChI is InChI=1S/C18H30N4O3/c1-14(23)19-5-3-16(4-6-19)21-12-18(13-21)11-20(15(2)24)9-17-10-25-8-7-22(17)18/h16-17H,3-13H2,1-2H3. The second-order valence-corrected chi connectivity index (χ2v) is 8.19. The Morgan fingerprint density at radius 1 is 0.920 bits per heavy atom. The van der Waals surface area contributed by atoms with Crippen molar-refractivity contribution in [3.8, 4) is 0 Å². The molecule has 4 aliphatic heterocycles. The summed E-state index contributed by atoms with van der Waals surface area (Å²) < 4.78 is 5.68. The Labute approximate surface area is 149 Å². The fourth-order valence-electron chi connectivity index (χ4n) is 5.23. The van der Waals surface area contributed by atoms with Crippen LogP contribution in [0.4, 0.5) is 0 Å². The monoisotopic (exact) mass is 350 g/mol. The second kappa shape index (κ2) is 6.52. The van der Waals surface area contributed by atoms with Gasteiger partial charge in [0, 0.05) is 65.7 Å². The molecule has 25 heavy (non-hydrogen) atoms. The molecule has 2 amide bonds. The van der Waals surface area contributed by atoms with Crippen molar-refractivity contribution in [3.63, 3.8) is 0 Å². The van der Waals surface area contributed by atoms with E-state index in [1.165, 1.54) is 0 Å². The molecule has 0 N–H and O–H groups in total. The average Bonchev–Trinajstić information content (AvgIpc) is 2.58. The van der Waals surface area contributed by atoms with Gasteiger partial charge in [-0.25, -0.2) is 0 Å². The average molecular weight is 350 g/mol. The first kappa shape index (κ1) is 17.2. The van der Waals surface area contributed by atoms with E-state index in [1.807, 2.05) is 9.80 Å². The highest BCUT2D eigenvalue weighted by Crippen LogP contribution is 2.38. The van der Waals surface area contributed by atoms with Crippen LogP contribution in [0.25, 0.3) is 0 Å². The summed E-state index contributed by atoms with van der Waals surface area (Å²) in [7, 11) is 0. The summed E-state index contributed by atoms with van der Waals surface area (Å²) in [6.07, 6.45) is 2.14. The van der Waals surface area contributed by atoms with Gasteiger partial charge in [0.05, 0.1) is 24.8 Å². The zero-order valence-corrected chi connectivity index (χ0v) is 15.4. The summed E-state index contributed by atoms with van der Waals surface area (Å²) >= 11 is 0. The number of piperazine rings is 1. The molecule has 0 saturated carbocycles. The molecule has 7 nitrogen and oxygen atoms in total. The molecule has 1 unspecified atom stereocenters. The molecular formula is C18H30N4O3. The molecular weight excluding hydrogens is 320 g/mol. The molecule has 4 rings (SSSR count). The van der Waals surface area contributed by atoms with E-state index in [-0.39, 0.29) is 17.4 Å². The van der Waals surface area contributed by atoms with Crippen molar-refractivity contribution in [2.45, 2.75) is 44.3 Å². The lowest BCUT2D eigenvalue weighted by Crippen LogP contribution is -2.81. The van der Waals surface area contributed by atoms with Gasteiger partial charge in [-0.2, -0.15) is 0 Å². The number of piperidine rings is 1. The first-order chi connectivity index (χ1) is 12.0. The van der Waals surface area contributed by atoms with Crippen molar-refractivity contribution in [2.75, 3.05) is 59.0 Å². The number of rotatable bonds is 1. The molecule has 4 heterocycles. The Hall–Kier alpha value is -1.18. The normalized spacial score (nSPS) is 30.9. The number of carbonyl (C=O) groups is 2. The predicted molar refractivity (Wildman–Crippen MR) is 93.1 cm³/mol. The van der Waals surface area contributed by atoms with Gasteiger partial charge in [0.2, 0.25) is 11.8 Å². The molecule has 7 heteroatoms. The van der Waals surface area contributed by atoms with E-state index in [4.69, 9.17) is 4.74 Å². The van der Waals surface area contributed by atoms with Gasteiger partial charge in [-0.15, -0.1) is 0 Å². The van der Waals surface area contributed by atoms with E-state index >= 15 is 0 Å². The number of ether oxygens (including phenoxy) is 1. The number of amides is 2. The van der Waals surface area contributed by atoms with Crippen LogP contribution < -0.4 is 0 Å². The fraction of sp³-hybridized carbons (Fsp3) is 0.889. The number of likely N-dealkylation sites (tertiary alicyclic amines) is 2. The van der Waals surface area contributed by atoms with Gasteiger partial charge in [-0.3, -0.25) is 19.4 Å². The predicted octanol–water partition coefficient (Wildman–Crippen LogP) is -0.385. The van der Waals surface area contributed by atoms with Crippen LogP contribution >= 0.6 is 0 Å². The highest BCUT2D eigenvalue weighted by Gasteiger charge is 2.55. The Morgan fingerprint density at radius 2 is 1.60 bits per heavy atom. The second-order valence-electron chi connectivity index (χ2n) is 8.19. The van der Waals surface area contributed by atoms with Crippen LogP contribution in [0, 0.1) is 0 Å². The zero-order valence-electron chi connectivity index (χ0n) is 15.4. The van der Waals surface area contributed by atoms with Crippen molar-refractivity contribution < 1.29 is 14.3 Å². The van der Waals surface area contributed by atoms with E-state index in [1.54, 1.807) is 13.8 Å². The molecule has 0 radical (unpaired) electrons. The maximum atomic E-state index is 12.0. The van der Waals surface area contributed by atoms with Gasteiger partial charge >= 0.3 is 0 Å². The van der Waals surface area contributed by atoms with Crippen LogP contribution in [0.5, 0.6) is 0 Å². The lowest BCUT2D eigenvalue weighted by atomic mass is 9.80. The Morgan fingerprint density at radius 3 is 2.24 bits per heavy atom. The molecule has 0 aromatic heterocycles. The fourth-order valence-corrected chi connectivity index (χ4v) is 5.23. The van der Waals surface area contributed by atoms with Gasteiger partial charge in [-0.1, -0.05) is 0 Å². The van der Waals surface area contributed by atoms with Gasteiger partial charge in [0.1, 0.15) is 0 Å². The third-order valence-electron chi connectivity index (χ3n) is 6.62. The third kappa shape index (κ3) is 3.06. The molecule has 4 aliphatic rings. The molecule has 0 aromatic carbocycles. The summed E-state index contributed by atoms with van der Waals surface area (Å²) in [5.41, 5.74) is 0.107. The molecule has 0 bridgehead atoms. The zero-order chi connectivity index (χ0) is 17.6. The largest absolute Gasteiger partial charge is 0.378 e. The van der Waals surface area contributed by atoms with Crippen LogP contribution in [0.1, 0.15) is 26.7 Å². The molecule has 140 valence electrons. The molecule has 1 atom stereocenters. The summed E-state index contributed by atoms with van der Waals surface area (Å²) in [4.78, 5) is 32.7. The van der Waals surface area contributed by atoms with Gasteiger partial charge < -0.3 is 14.5 Å². The first-order valence-electron chi connectivity index (χ1n) is 9.58. The van der Waals surface area contributed by atoms with Crippen LogP contribution in [-0.4, -0.2) is 108 Å². The highest BCUT2D eigenvalue weighted by atomic mass is 16.5. The minimum atomic E-state index is 0.107. The molecule has 0 aromatic rings. The number of hydrogen-bond acceptors (Lipinski definition) is 5. The number of morpholine rings is 1.